The molecule has 5 heteroatoms. The van der Waals surface area contributed by atoms with E-state index < -0.39 is 11.5 Å². The topological polar surface area (TPSA) is 55.4 Å². The molecule has 0 saturated heterocycles. The van der Waals surface area contributed by atoms with Gasteiger partial charge in [-0.1, -0.05) is 29.8 Å². The lowest BCUT2D eigenvalue weighted by molar-refractivity contribution is -0.157. The fourth-order valence-corrected chi connectivity index (χ4v) is 3.26. The Hall–Kier alpha value is -2.33. The number of rotatable bonds is 3. The number of ether oxygens (including phenoxy) is 1. The number of carbonyl (C=O) groups is 2. The van der Waals surface area contributed by atoms with Gasteiger partial charge in [0.15, 0.2) is 0 Å². The van der Waals surface area contributed by atoms with E-state index in [1.807, 2.05) is 63.2 Å². The summed E-state index contributed by atoms with van der Waals surface area (Å²) in [7, 11) is 0. The third-order valence-corrected chi connectivity index (χ3v) is 4.43. The highest BCUT2D eigenvalue weighted by atomic mass is 35.5. The molecule has 0 aromatic heterocycles. The number of fused-ring (bicyclic) bond motifs is 1. The van der Waals surface area contributed by atoms with Gasteiger partial charge in [0, 0.05) is 10.7 Å². The second kappa shape index (κ2) is 7.12. The van der Waals surface area contributed by atoms with Gasteiger partial charge >= 0.3 is 5.97 Å². The molecule has 4 nitrogen and oxygen atoms in total. The van der Waals surface area contributed by atoms with Gasteiger partial charge < -0.3 is 10.1 Å². The number of amides is 1. The standard InChI is InChI=1S/C21H22ClNO3/c1-21(2,3)26-19(24)12-16-10-15-9-14(7-8-18(15)23-20(16)25)13-5-4-6-17(22)11-13/h4-9,11,16H,10,12H2,1-3H3,(H,23,25). The van der Waals surface area contributed by atoms with Gasteiger partial charge in [0.1, 0.15) is 5.60 Å². The second-order valence-corrected chi connectivity index (χ2v) is 8.00. The quantitative estimate of drug-likeness (QED) is 0.784. The summed E-state index contributed by atoms with van der Waals surface area (Å²) in [5, 5.41) is 3.57. The fraction of sp³-hybridized carbons (Fsp3) is 0.333. The van der Waals surface area contributed by atoms with Crippen LogP contribution in [-0.2, 0) is 20.7 Å². The van der Waals surface area contributed by atoms with Crippen LogP contribution in [0.4, 0.5) is 5.69 Å². The van der Waals surface area contributed by atoms with E-state index >= 15 is 0 Å². The Morgan fingerprint density at radius 1 is 1.19 bits per heavy atom. The molecule has 1 aliphatic heterocycles. The molecule has 1 amide bonds. The van der Waals surface area contributed by atoms with Gasteiger partial charge in [0.25, 0.3) is 0 Å². The molecule has 2 aromatic rings. The van der Waals surface area contributed by atoms with Gasteiger partial charge in [0.2, 0.25) is 5.91 Å². The summed E-state index contributed by atoms with van der Waals surface area (Å²) >= 11 is 6.08. The van der Waals surface area contributed by atoms with E-state index in [1.165, 1.54) is 0 Å². The summed E-state index contributed by atoms with van der Waals surface area (Å²) in [5.74, 6) is -0.919. The first-order valence-corrected chi connectivity index (χ1v) is 9.01. The number of hydrogen-bond acceptors (Lipinski definition) is 3. The summed E-state index contributed by atoms with van der Waals surface area (Å²) in [6.07, 6.45) is 0.582. The normalized spacial score (nSPS) is 16.6. The summed E-state index contributed by atoms with van der Waals surface area (Å²) < 4.78 is 5.35. The third-order valence-electron chi connectivity index (χ3n) is 4.19. The van der Waals surface area contributed by atoms with Crippen LogP contribution in [0.1, 0.15) is 32.8 Å². The molecule has 1 N–H and O–H groups in total. The first kappa shape index (κ1) is 18.5. The molecule has 0 bridgehead atoms. The number of anilines is 1. The average Bonchev–Trinajstić information content (AvgIpc) is 2.53. The molecule has 2 aromatic carbocycles. The zero-order valence-corrected chi connectivity index (χ0v) is 15.9. The number of carbonyl (C=O) groups excluding carboxylic acids is 2. The van der Waals surface area contributed by atoms with Crippen LogP contribution in [0.5, 0.6) is 0 Å². The van der Waals surface area contributed by atoms with E-state index in [0.717, 1.165) is 22.4 Å². The maximum Gasteiger partial charge on any atom is 0.307 e. The Balaban J connectivity index is 1.80. The third kappa shape index (κ3) is 4.44. The van der Waals surface area contributed by atoms with Gasteiger partial charge in [-0.3, -0.25) is 9.59 Å². The number of esters is 1. The van der Waals surface area contributed by atoms with E-state index in [9.17, 15) is 9.59 Å². The highest BCUT2D eigenvalue weighted by molar-refractivity contribution is 6.30. The maximum atomic E-state index is 12.3. The van der Waals surface area contributed by atoms with Gasteiger partial charge in [-0.2, -0.15) is 0 Å². The summed E-state index contributed by atoms with van der Waals surface area (Å²) in [6, 6.07) is 13.5. The van der Waals surface area contributed by atoms with Crippen LogP contribution in [-0.4, -0.2) is 17.5 Å². The zero-order valence-electron chi connectivity index (χ0n) is 15.1. The summed E-state index contributed by atoms with van der Waals surface area (Å²) in [5.41, 5.74) is 3.29. The molecular formula is C21H22ClNO3. The van der Waals surface area contributed by atoms with Crippen molar-refractivity contribution < 1.29 is 14.3 Å². The van der Waals surface area contributed by atoms with Crippen molar-refractivity contribution in [1.82, 2.24) is 0 Å². The van der Waals surface area contributed by atoms with Crippen LogP contribution in [0, 0.1) is 5.92 Å². The number of halogens is 1. The van der Waals surface area contributed by atoms with E-state index in [0.29, 0.717) is 11.4 Å². The fourth-order valence-electron chi connectivity index (χ4n) is 3.07. The highest BCUT2D eigenvalue weighted by Gasteiger charge is 2.30. The van der Waals surface area contributed by atoms with Gasteiger partial charge in [-0.05, 0) is 68.1 Å². The minimum atomic E-state index is -0.556. The molecule has 1 unspecified atom stereocenters. The monoisotopic (exact) mass is 371 g/mol. The lowest BCUT2D eigenvalue weighted by atomic mass is 9.89. The van der Waals surface area contributed by atoms with Crippen molar-refractivity contribution in [2.45, 2.75) is 39.2 Å². The summed E-state index contributed by atoms with van der Waals surface area (Å²) in [4.78, 5) is 24.4. The van der Waals surface area contributed by atoms with Gasteiger partial charge in [-0.15, -0.1) is 0 Å². The van der Waals surface area contributed by atoms with Crippen molar-refractivity contribution in [2.24, 2.45) is 5.92 Å². The van der Waals surface area contributed by atoms with E-state index in [-0.39, 0.29) is 18.3 Å². The first-order chi connectivity index (χ1) is 12.2. The molecule has 0 aliphatic carbocycles. The SMILES string of the molecule is CC(C)(C)OC(=O)CC1Cc2cc(-c3cccc(Cl)c3)ccc2NC1=O. The predicted molar refractivity (Wildman–Crippen MR) is 103 cm³/mol. The molecule has 1 atom stereocenters. The minimum absolute atomic E-state index is 0.0733. The molecule has 1 aliphatic rings. The first-order valence-electron chi connectivity index (χ1n) is 8.63. The molecule has 0 radical (unpaired) electrons. The predicted octanol–water partition coefficient (Wildman–Crippen LogP) is 4.85. The van der Waals surface area contributed by atoms with Crippen LogP contribution >= 0.6 is 11.6 Å². The highest BCUT2D eigenvalue weighted by Crippen LogP contribution is 2.32. The Morgan fingerprint density at radius 2 is 1.92 bits per heavy atom. The van der Waals surface area contributed by atoms with Gasteiger partial charge in [0.05, 0.1) is 12.3 Å². The summed E-state index contributed by atoms with van der Waals surface area (Å²) in [6.45, 7) is 5.45. The van der Waals surface area contributed by atoms with Crippen LogP contribution in [0.15, 0.2) is 42.5 Å². The number of hydrogen-bond donors (Lipinski definition) is 1. The molecule has 26 heavy (non-hydrogen) atoms. The molecule has 3 rings (SSSR count). The van der Waals surface area contributed by atoms with Crippen molar-refractivity contribution in [1.29, 1.82) is 0 Å². The molecule has 0 spiro atoms. The Kier molecular flexibility index (Phi) is 5.05. The lowest BCUT2D eigenvalue weighted by Crippen LogP contribution is -2.33. The van der Waals surface area contributed by atoms with Crippen molar-refractivity contribution in [2.75, 3.05) is 5.32 Å². The van der Waals surface area contributed by atoms with E-state index in [4.69, 9.17) is 16.3 Å². The average molecular weight is 372 g/mol. The van der Waals surface area contributed by atoms with Crippen molar-refractivity contribution in [3.05, 3.63) is 53.1 Å². The molecular weight excluding hydrogens is 350 g/mol. The van der Waals surface area contributed by atoms with Crippen LogP contribution in [0.2, 0.25) is 5.02 Å². The van der Waals surface area contributed by atoms with E-state index in [1.54, 1.807) is 0 Å². The maximum absolute atomic E-state index is 12.3. The van der Waals surface area contributed by atoms with Crippen molar-refractivity contribution >= 4 is 29.2 Å². The Labute approximate surface area is 158 Å². The van der Waals surface area contributed by atoms with E-state index in [2.05, 4.69) is 5.32 Å². The number of nitrogens with one attached hydrogen (secondary N) is 1. The molecule has 136 valence electrons. The number of benzene rings is 2. The van der Waals surface area contributed by atoms with Crippen molar-refractivity contribution in [3.63, 3.8) is 0 Å². The largest absolute Gasteiger partial charge is 0.460 e. The Bertz CT molecular complexity index is 855. The molecule has 1 heterocycles. The van der Waals surface area contributed by atoms with Crippen molar-refractivity contribution in [3.8, 4) is 11.1 Å². The smallest absolute Gasteiger partial charge is 0.307 e. The second-order valence-electron chi connectivity index (χ2n) is 7.56. The minimum Gasteiger partial charge on any atom is -0.460 e. The lowest BCUT2D eigenvalue weighted by Gasteiger charge is -2.26. The van der Waals surface area contributed by atoms with Crippen LogP contribution in [0.3, 0.4) is 0 Å². The van der Waals surface area contributed by atoms with Crippen LogP contribution in [0.25, 0.3) is 11.1 Å². The van der Waals surface area contributed by atoms with Crippen LogP contribution < -0.4 is 5.32 Å². The van der Waals surface area contributed by atoms with Gasteiger partial charge in [-0.25, -0.2) is 0 Å². The molecule has 0 saturated carbocycles. The molecule has 0 fully saturated rings. The zero-order chi connectivity index (χ0) is 18.9. The Morgan fingerprint density at radius 3 is 2.62 bits per heavy atom.